The van der Waals surface area contributed by atoms with E-state index in [4.69, 9.17) is 21.3 Å². The molecule has 29 heavy (non-hydrogen) atoms. The standard InChI is InChI=1S/C20H34ClN5OS.HI/c1-4-22-19(23-16-20(24(2)3)7-13-27-14-8-20)26-11-9-25(10-12-26)15-17-5-6-18(21)28-17;/h5-6H,4,7-16H2,1-3H3,(H,22,23);1H. The highest BCUT2D eigenvalue weighted by Gasteiger charge is 2.35. The Kier molecular flexibility index (Phi) is 10.4. The summed E-state index contributed by atoms with van der Waals surface area (Å²) in [5, 5.41) is 3.51. The highest BCUT2D eigenvalue weighted by Crippen LogP contribution is 2.26. The number of ether oxygens (including phenoxy) is 1. The van der Waals surface area contributed by atoms with Crippen LogP contribution in [0.4, 0.5) is 0 Å². The number of nitrogens with zero attached hydrogens (tertiary/aromatic N) is 4. The summed E-state index contributed by atoms with van der Waals surface area (Å²) >= 11 is 7.75. The van der Waals surface area contributed by atoms with Crippen LogP contribution < -0.4 is 5.32 Å². The predicted molar refractivity (Wildman–Crippen MR) is 134 cm³/mol. The highest BCUT2D eigenvalue weighted by molar-refractivity contribution is 14.0. The molecule has 1 aromatic rings. The average molecular weight is 556 g/mol. The number of guanidine groups is 1. The molecule has 0 aromatic carbocycles. The first-order chi connectivity index (χ1) is 13.5. The molecule has 0 amide bonds. The third kappa shape index (κ3) is 6.93. The number of likely N-dealkylation sites (N-methyl/N-ethyl adjacent to an activating group) is 1. The van der Waals surface area contributed by atoms with Crippen molar-refractivity contribution in [2.45, 2.75) is 31.8 Å². The molecular formula is C20H35ClIN5OS. The lowest BCUT2D eigenvalue weighted by Gasteiger charge is -2.42. The maximum atomic E-state index is 6.07. The van der Waals surface area contributed by atoms with Gasteiger partial charge in [-0.2, -0.15) is 0 Å². The van der Waals surface area contributed by atoms with Crippen molar-refractivity contribution in [1.82, 2.24) is 20.0 Å². The summed E-state index contributed by atoms with van der Waals surface area (Å²) in [4.78, 5) is 13.7. The number of hydrogen-bond donors (Lipinski definition) is 1. The topological polar surface area (TPSA) is 43.3 Å². The van der Waals surface area contributed by atoms with Gasteiger partial charge in [-0.1, -0.05) is 11.6 Å². The molecule has 1 aromatic heterocycles. The maximum absolute atomic E-state index is 6.07. The molecule has 2 saturated heterocycles. The second-order valence-electron chi connectivity index (χ2n) is 7.87. The fourth-order valence-corrected chi connectivity index (χ4v) is 5.05. The Hall–Kier alpha value is -0.130. The van der Waals surface area contributed by atoms with Crippen molar-refractivity contribution in [3.8, 4) is 0 Å². The zero-order chi connectivity index (χ0) is 20.0. The largest absolute Gasteiger partial charge is 0.381 e. The van der Waals surface area contributed by atoms with Crippen molar-refractivity contribution >= 4 is 52.9 Å². The number of aliphatic imine (C=N–C) groups is 1. The van der Waals surface area contributed by atoms with Gasteiger partial charge in [-0.3, -0.25) is 9.89 Å². The molecule has 0 spiro atoms. The molecule has 3 rings (SSSR count). The molecule has 0 radical (unpaired) electrons. The van der Waals surface area contributed by atoms with Crippen molar-refractivity contribution in [3.63, 3.8) is 0 Å². The van der Waals surface area contributed by atoms with Gasteiger partial charge in [0.2, 0.25) is 0 Å². The summed E-state index contributed by atoms with van der Waals surface area (Å²) in [7, 11) is 4.34. The smallest absolute Gasteiger partial charge is 0.194 e. The van der Waals surface area contributed by atoms with E-state index in [1.54, 1.807) is 11.3 Å². The molecule has 0 unspecified atom stereocenters. The fourth-order valence-electron chi connectivity index (χ4n) is 3.92. The summed E-state index contributed by atoms with van der Waals surface area (Å²) in [5.74, 6) is 1.05. The van der Waals surface area contributed by atoms with E-state index in [0.29, 0.717) is 0 Å². The summed E-state index contributed by atoms with van der Waals surface area (Å²) in [5.41, 5.74) is 0.110. The summed E-state index contributed by atoms with van der Waals surface area (Å²) in [6, 6.07) is 4.13. The first-order valence-electron chi connectivity index (χ1n) is 10.3. The van der Waals surface area contributed by atoms with Crippen molar-refractivity contribution in [2.24, 2.45) is 4.99 Å². The first kappa shape index (κ1) is 25.1. The van der Waals surface area contributed by atoms with Crippen molar-refractivity contribution in [2.75, 3.05) is 66.6 Å². The lowest BCUT2D eigenvalue weighted by atomic mass is 9.89. The number of piperazine rings is 1. The zero-order valence-electron chi connectivity index (χ0n) is 17.8. The molecule has 1 N–H and O–H groups in total. The van der Waals surface area contributed by atoms with Crippen LogP contribution in [-0.4, -0.2) is 92.8 Å². The zero-order valence-corrected chi connectivity index (χ0v) is 21.7. The molecule has 0 atom stereocenters. The molecular weight excluding hydrogens is 521 g/mol. The van der Waals surface area contributed by atoms with E-state index < -0.39 is 0 Å². The molecule has 166 valence electrons. The Labute approximate surface area is 201 Å². The Bertz CT molecular complexity index is 643. The van der Waals surface area contributed by atoms with Crippen LogP contribution in [0.3, 0.4) is 0 Å². The second kappa shape index (κ2) is 12.0. The maximum Gasteiger partial charge on any atom is 0.194 e. The molecule has 6 nitrogen and oxygen atoms in total. The summed E-state index contributed by atoms with van der Waals surface area (Å²) < 4.78 is 6.47. The molecule has 0 saturated carbocycles. The summed E-state index contributed by atoms with van der Waals surface area (Å²) in [6.45, 7) is 10.6. The number of hydrogen-bond acceptors (Lipinski definition) is 5. The highest BCUT2D eigenvalue weighted by atomic mass is 127. The van der Waals surface area contributed by atoms with Gasteiger partial charge in [0.05, 0.1) is 10.9 Å². The van der Waals surface area contributed by atoms with E-state index in [1.165, 1.54) is 4.88 Å². The molecule has 0 aliphatic carbocycles. The molecule has 2 fully saturated rings. The Morgan fingerprint density at radius 1 is 1.24 bits per heavy atom. The van der Waals surface area contributed by atoms with Crippen LogP contribution in [0.5, 0.6) is 0 Å². The molecule has 2 aliphatic rings. The van der Waals surface area contributed by atoms with Crippen molar-refractivity contribution < 1.29 is 4.74 Å². The van der Waals surface area contributed by atoms with Crippen molar-refractivity contribution in [3.05, 3.63) is 21.3 Å². The van der Waals surface area contributed by atoms with Gasteiger partial charge in [-0.25, -0.2) is 0 Å². The number of halogens is 2. The number of rotatable bonds is 6. The Morgan fingerprint density at radius 3 is 2.48 bits per heavy atom. The third-order valence-corrected chi connectivity index (χ3v) is 7.13. The number of thiophene rings is 1. The van der Waals surface area contributed by atoms with Gasteiger partial charge < -0.3 is 19.9 Å². The predicted octanol–water partition coefficient (Wildman–Crippen LogP) is 3.21. The van der Waals surface area contributed by atoms with Crippen LogP contribution in [0.2, 0.25) is 4.34 Å². The van der Waals surface area contributed by atoms with E-state index >= 15 is 0 Å². The van der Waals surface area contributed by atoms with Gasteiger partial charge in [0.1, 0.15) is 0 Å². The van der Waals surface area contributed by atoms with Gasteiger partial charge in [0.15, 0.2) is 5.96 Å². The van der Waals surface area contributed by atoms with E-state index in [2.05, 4.69) is 47.1 Å². The lowest BCUT2D eigenvalue weighted by Crippen LogP contribution is -2.54. The van der Waals surface area contributed by atoms with Crippen LogP contribution in [0.1, 0.15) is 24.6 Å². The van der Waals surface area contributed by atoms with E-state index in [9.17, 15) is 0 Å². The Balaban J connectivity index is 0.00000300. The van der Waals surface area contributed by atoms with E-state index in [-0.39, 0.29) is 29.5 Å². The normalized spacial score (nSPS) is 20.6. The first-order valence-corrected chi connectivity index (χ1v) is 11.5. The average Bonchev–Trinajstić information content (AvgIpc) is 3.11. The van der Waals surface area contributed by atoms with Crippen LogP contribution >= 0.6 is 46.9 Å². The Morgan fingerprint density at radius 2 is 1.93 bits per heavy atom. The molecule has 9 heteroatoms. The van der Waals surface area contributed by atoms with Crippen LogP contribution in [0.15, 0.2) is 17.1 Å². The van der Waals surface area contributed by atoms with Crippen LogP contribution in [-0.2, 0) is 11.3 Å². The number of nitrogens with one attached hydrogen (secondary N) is 1. The van der Waals surface area contributed by atoms with Gasteiger partial charge >= 0.3 is 0 Å². The molecule has 0 bridgehead atoms. The van der Waals surface area contributed by atoms with Gasteiger partial charge in [-0.15, -0.1) is 35.3 Å². The minimum absolute atomic E-state index is 0. The summed E-state index contributed by atoms with van der Waals surface area (Å²) in [6.07, 6.45) is 2.08. The van der Waals surface area contributed by atoms with E-state index in [0.717, 1.165) is 82.2 Å². The third-order valence-electron chi connectivity index (χ3n) is 5.91. The van der Waals surface area contributed by atoms with Crippen LogP contribution in [0, 0.1) is 0 Å². The quantitative estimate of drug-likeness (QED) is 0.332. The van der Waals surface area contributed by atoms with Gasteiger partial charge in [-0.05, 0) is 46.0 Å². The monoisotopic (exact) mass is 555 g/mol. The van der Waals surface area contributed by atoms with E-state index in [1.807, 2.05) is 6.07 Å². The minimum Gasteiger partial charge on any atom is -0.381 e. The molecule has 2 aliphatic heterocycles. The SMILES string of the molecule is CCNC(=NCC1(N(C)C)CCOCC1)N1CCN(Cc2ccc(Cl)s2)CC1.I. The van der Waals surface area contributed by atoms with Crippen molar-refractivity contribution in [1.29, 1.82) is 0 Å². The van der Waals surface area contributed by atoms with Crippen LogP contribution in [0.25, 0.3) is 0 Å². The fraction of sp³-hybridized carbons (Fsp3) is 0.750. The lowest BCUT2D eigenvalue weighted by molar-refractivity contribution is -0.00268. The minimum atomic E-state index is 0. The molecule has 3 heterocycles. The van der Waals surface area contributed by atoms with Gasteiger partial charge in [0, 0.05) is 62.9 Å². The second-order valence-corrected chi connectivity index (χ2v) is 9.67. The van der Waals surface area contributed by atoms with Gasteiger partial charge in [0.25, 0.3) is 0 Å².